The molecule has 2 unspecified atom stereocenters. The van der Waals surface area contributed by atoms with Crippen molar-refractivity contribution in [3.05, 3.63) is 12.2 Å². The first-order chi connectivity index (χ1) is 10.6. The molecule has 0 aromatic heterocycles. The number of nitrogens with zero attached hydrogens (tertiary/aromatic N) is 2. The third kappa shape index (κ3) is 5.24. The van der Waals surface area contributed by atoms with Crippen molar-refractivity contribution >= 4 is 11.7 Å². The van der Waals surface area contributed by atoms with Crippen LogP contribution >= 0.6 is 0 Å². The topological polar surface area (TPSA) is 41.5 Å². The lowest BCUT2D eigenvalue weighted by molar-refractivity contribution is -0.861. The summed E-state index contributed by atoms with van der Waals surface area (Å²) in [5.74, 6) is 1.34. The summed E-state index contributed by atoms with van der Waals surface area (Å²) in [6.07, 6.45) is 11.8. The molecule has 4 heteroatoms. The van der Waals surface area contributed by atoms with E-state index in [2.05, 4.69) is 38.2 Å². The maximum atomic E-state index is 11.4. The number of amidine groups is 1. The first-order valence-corrected chi connectivity index (χ1v) is 8.85. The monoisotopic (exact) mass is 308 g/mol. The smallest absolute Gasteiger partial charge is 0.221 e. The molecule has 1 rings (SSSR count). The second-order valence-corrected chi connectivity index (χ2v) is 6.27. The maximum absolute atomic E-state index is 11.4. The van der Waals surface area contributed by atoms with Gasteiger partial charge in [-0.3, -0.25) is 9.28 Å². The van der Waals surface area contributed by atoms with Crippen LogP contribution < -0.4 is 5.32 Å². The number of aliphatic imine (C=N–C) groups is 1. The van der Waals surface area contributed by atoms with Crippen LogP contribution in [0.25, 0.3) is 0 Å². The Morgan fingerprint density at radius 1 is 1.36 bits per heavy atom. The average molecular weight is 308 g/mol. The number of nitrogens with one attached hydrogen (secondary N) is 1. The van der Waals surface area contributed by atoms with E-state index in [1.165, 1.54) is 37.9 Å². The number of allylic oxidation sites excluding steroid dienone is 2. The average Bonchev–Trinajstić information content (AvgIpc) is 2.90. The molecule has 0 aliphatic carbocycles. The van der Waals surface area contributed by atoms with Crippen molar-refractivity contribution in [1.29, 1.82) is 0 Å². The molecule has 0 fully saturated rings. The van der Waals surface area contributed by atoms with Crippen LogP contribution in [0.2, 0.25) is 0 Å². The van der Waals surface area contributed by atoms with E-state index >= 15 is 0 Å². The van der Waals surface area contributed by atoms with Gasteiger partial charge in [-0.25, -0.2) is 4.99 Å². The van der Waals surface area contributed by atoms with Gasteiger partial charge in [-0.05, 0) is 33.1 Å². The van der Waals surface area contributed by atoms with Crippen LogP contribution in [0.15, 0.2) is 17.1 Å². The molecule has 1 aliphatic heterocycles. The molecule has 0 aromatic carbocycles. The zero-order valence-electron chi connectivity index (χ0n) is 14.9. The number of carbonyl (C=O) groups excluding carboxylic acids is 1. The maximum Gasteiger partial charge on any atom is 0.221 e. The SMILES string of the molecule is C/C=C/CCCCCCC1=NCC[N+]1(CC)C(C)NC(C)=O. The van der Waals surface area contributed by atoms with Gasteiger partial charge in [0.2, 0.25) is 5.91 Å². The van der Waals surface area contributed by atoms with Gasteiger partial charge in [0.05, 0.1) is 13.1 Å². The highest BCUT2D eigenvalue weighted by Crippen LogP contribution is 2.23. The lowest BCUT2D eigenvalue weighted by atomic mass is 10.1. The molecule has 1 amide bonds. The van der Waals surface area contributed by atoms with Crippen LogP contribution in [0.3, 0.4) is 0 Å². The second kappa shape index (κ2) is 9.78. The summed E-state index contributed by atoms with van der Waals surface area (Å²) in [4.78, 5) is 16.2. The number of hydrogen-bond acceptors (Lipinski definition) is 2. The summed E-state index contributed by atoms with van der Waals surface area (Å²) in [5, 5.41) is 3.08. The molecule has 4 nitrogen and oxygen atoms in total. The molecule has 0 saturated heterocycles. The minimum Gasteiger partial charge on any atom is -0.307 e. The first kappa shape index (κ1) is 18.9. The fraction of sp³-hybridized carbons (Fsp3) is 0.778. The van der Waals surface area contributed by atoms with Crippen LogP contribution in [0.4, 0.5) is 0 Å². The predicted octanol–water partition coefficient (Wildman–Crippen LogP) is 3.63. The van der Waals surface area contributed by atoms with Crippen molar-refractivity contribution in [1.82, 2.24) is 5.32 Å². The number of carbonyl (C=O) groups is 1. The Balaban J connectivity index is 2.45. The Hall–Kier alpha value is -1.16. The van der Waals surface area contributed by atoms with Crippen LogP contribution in [0.1, 0.15) is 66.2 Å². The summed E-state index contributed by atoms with van der Waals surface area (Å²) in [7, 11) is 0. The number of hydrogen-bond donors (Lipinski definition) is 1. The summed E-state index contributed by atoms with van der Waals surface area (Å²) >= 11 is 0. The van der Waals surface area contributed by atoms with Gasteiger partial charge < -0.3 is 5.32 Å². The van der Waals surface area contributed by atoms with E-state index in [-0.39, 0.29) is 12.1 Å². The van der Waals surface area contributed by atoms with Crippen molar-refractivity contribution < 1.29 is 9.28 Å². The highest BCUT2D eigenvalue weighted by molar-refractivity contribution is 5.78. The van der Waals surface area contributed by atoms with Gasteiger partial charge in [0.25, 0.3) is 0 Å². The largest absolute Gasteiger partial charge is 0.307 e. The number of amides is 1. The van der Waals surface area contributed by atoms with Gasteiger partial charge in [-0.15, -0.1) is 0 Å². The number of rotatable bonds is 10. The zero-order valence-corrected chi connectivity index (χ0v) is 14.9. The molecule has 2 atom stereocenters. The van der Waals surface area contributed by atoms with Gasteiger partial charge in [0.15, 0.2) is 12.0 Å². The van der Waals surface area contributed by atoms with E-state index in [0.717, 1.165) is 30.5 Å². The molecule has 126 valence electrons. The van der Waals surface area contributed by atoms with E-state index in [9.17, 15) is 4.79 Å². The molecule has 0 saturated carbocycles. The lowest BCUT2D eigenvalue weighted by Gasteiger charge is -2.39. The Morgan fingerprint density at radius 3 is 2.73 bits per heavy atom. The van der Waals surface area contributed by atoms with E-state index in [0.29, 0.717) is 0 Å². The normalized spacial score (nSPS) is 22.8. The number of likely N-dealkylation sites (N-methyl/N-ethyl adjacent to an activating group) is 1. The molecule has 0 radical (unpaired) electrons. The first-order valence-electron chi connectivity index (χ1n) is 8.85. The number of quaternary nitrogens is 1. The van der Waals surface area contributed by atoms with Gasteiger partial charge in [0.1, 0.15) is 6.54 Å². The summed E-state index contributed by atoms with van der Waals surface area (Å²) in [5.41, 5.74) is 0. The van der Waals surface area contributed by atoms with Crippen molar-refractivity contribution in [3.8, 4) is 0 Å². The highest BCUT2D eigenvalue weighted by Gasteiger charge is 2.41. The predicted molar refractivity (Wildman–Crippen MR) is 93.8 cm³/mol. The third-order valence-electron chi connectivity index (χ3n) is 4.78. The third-order valence-corrected chi connectivity index (χ3v) is 4.78. The second-order valence-electron chi connectivity index (χ2n) is 6.27. The van der Waals surface area contributed by atoms with Crippen molar-refractivity contribution in [3.63, 3.8) is 0 Å². The minimum absolute atomic E-state index is 0.0497. The summed E-state index contributed by atoms with van der Waals surface area (Å²) in [6.45, 7) is 10.9. The molecule has 0 aromatic rings. The Bertz CT molecular complexity index is 403. The van der Waals surface area contributed by atoms with E-state index in [4.69, 9.17) is 4.99 Å². The van der Waals surface area contributed by atoms with E-state index in [1.54, 1.807) is 6.92 Å². The minimum atomic E-state index is 0.0497. The number of unbranched alkanes of at least 4 members (excludes halogenated alkanes) is 4. The van der Waals surface area contributed by atoms with Crippen LogP contribution in [0, 0.1) is 0 Å². The van der Waals surface area contributed by atoms with Crippen LogP contribution in [-0.2, 0) is 4.79 Å². The fourth-order valence-electron chi connectivity index (χ4n) is 3.44. The molecule has 22 heavy (non-hydrogen) atoms. The van der Waals surface area contributed by atoms with E-state index in [1.807, 2.05) is 0 Å². The Morgan fingerprint density at radius 2 is 2.09 bits per heavy atom. The zero-order chi connectivity index (χ0) is 16.4. The summed E-state index contributed by atoms with van der Waals surface area (Å²) < 4.78 is 0.845. The van der Waals surface area contributed by atoms with Gasteiger partial charge in [-0.1, -0.05) is 25.0 Å². The van der Waals surface area contributed by atoms with Crippen LogP contribution in [-0.4, -0.2) is 42.0 Å². The molecular formula is C18H34N3O+. The molecule has 1 heterocycles. The molecular weight excluding hydrogens is 274 g/mol. The molecule has 1 aliphatic rings. The Labute approximate surface area is 136 Å². The molecule has 0 spiro atoms. The molecule has 1 N–H and O–H groups in total. The molecule has 0 bridgehead atoms. The standard InChI is InChI=1S/C18H33N3O/c1-5-7-8-9-10-11-12-13-18-19-14-15-21(18,6-2)16(3)20-17(4)22/h5,7,16H,6,8-15H2,1-4H3/p+1/b7-5+. The van der Waals surface area contributed by atoms with Crippen LogP contribution in [0.5, 0.6) is 0 Å². The van der Waals surface area contributed by atoms with Gasteiger partial charge >= 0.3 is 0 Å². The van der Waals surface area contributed by atoms with E-state index < -0.39 is 0 Å². The fourth-order valence-corrected chi connectivity index (χ4v) is 3.44. The van der Waals surface area contributed by atoms with Gasteiger partial charge in [0, 0.05) is 20.3 Å². The van der Waals surface area contributed by atoms with Crippen molar-refractivity contribution in [2.75, 3.05) is 19.6 Å². The van der Waals surface area contributed by atoms with Crippen molar-refractivity contribution in [2.24, 2.45) is 4.99 Å². The summed E-state index contributed by atoms with van der Waals surface area (Å²) in [6, 6.07) is 0. The quantitative estimate of drug-likeness (QED) is 0.374. The van der Waals surface area contributed by atoms with Gasteiger partial charge in [-0.2, -0.15) is 0 Å². The van der Waals surface area contributed by atoms with Crippen molar-refractivity contribution in [2.45, 2.75) is 72.4 Å². The lowest BCUT2D eigenvalue weighted by Crippen LogP contribution is -2.62. The Kier molecular flexibility index (Phi) is 8.39. The highest BCUT2D eigenvalue weighted by atomic mass is 16.1.